The van der Waals surface area contributed by atoms with Crippen LogP contribution in [0.3, 0.4) is 0 Å². The third-order valence-electron chi connectivity index (χ3n) is 5.17. The van der Waals surface area contributed by atoms with E-state index in [9.17, 15) is 4.79 Å². The van der Waals surface area contributed by atoms with Crippen molar-refractivity contribution in [3.8, 4) is 0 Å². The standard InChI is InChI=1S/C17H24N6O/c1-3-14-20-16-13(5-4-6-23(16)22-14)19-17(24)12-8-10(2)7-11-9-18-21-15(11)12/h9-10,12-13H,3-8H2,1-2H3,(H,18,21)(H,19,24). The SMILES string of the molecule is CCc1nc2n(n1)CCCC2NC(=O)C1CC(C)Cc2cn[nH]c21. The fraction of sp³-hybridized carbons (Fsp3) is 0.647. The minimum atomic E-state index is -0.143. The van der Waals surface area contributed by atoms with Gasteiger partial charge in [-0.05, 0) is 37.2 Å². The zero-order valence-electron chi connectivity index (χ0n) is 14.2. The lowest BCUT2D eigenvalue weighted by atomic mass is 9.81. The van der Waals surface area contributed by atoms with E-state index >= 15 is 0 Å². The number of amides is 1. The van der Waals surface area contributed by atoms with Gasteiger partial charge in [-0.3, -0.25) is 9.89 Å². The molecule has 7 nitrogen and oxygen atoms in total. The summed E-state index contributed by atoms with van der Waals surface area (Å²) in [4.78, 5) is 17.6. The molecule has 128 valence electrons. The third kappa shape index (κ3) is 2.61. The lowest BCUT2D eigenvalue weighted by Gasteiger charge is -2.29. The first kappa shape index (κ1) is 15.4. The zero-order chi connectivity index (χ0) is 16.7. The topological polar surface area (TPSA) is 88.5 Å². The number of hydrogen-bond donors (Lipinski definition) is 2. The van der Waals surface area contributed by atoms with E-state index in [1.54, 1.807) is 0 Å². The summed E-state index contributed by atoms with van der Waals surface area (Å²) < 4.78 is 1.96. The van der Waals surface area contributed by atoms with Gasteiger partial charge in [-0.25, -0.2) is 9.67 Å². The van der Waals surface area contributed by atoms with Crippen molar-refractivity contribution in [2.24, 2.45) is 5.92 Å². The molecule has 0 radical (unpaired) electrons. The fourth-order valence-corrected chi connectivity index (χ4v) is 3.96. The van der Waals surface area contributed by atoms with E-state index in [2.05, 4.69) is 39.4 Å². The fourth-order valence-electron chi connectivity index (χ4n) is 3.96. The number of aromatic amines is 1. The number of fused-ring (bicyclic) bond motifs is 2. The number of nitrogens with one attached hydrogen (secondary N) is 2. The van der Waals surface area contributed by atoms with Gasteiger partial charge < -0.3 is 5.32 Å². The Hall–Kier alpha value is -2.18. The van der Waals surface area contributed by atoms with Crippen LogP contribution in [0.4, 0.5) is 0 Å². The largest absolute Gasteiger partial charge is 0.346 e. The Kier molecular flexibility index (Phi) is 3.86. The zero-order valence-corrected chi connectivity index (χ0v) is 14.2. The molecular formula is C17H24N6O. The van der Waals surface area contributed by atoms with Crippen molar-refractivity contribution in [1.82, 2.24) is 30.3 Å². The molecule has 2 N–H and O–H groups in total. The van der Waals surface area contributed by atoms with E-state index in [1.807, 2.05) is 10.9 Å². The van der Waals surface area contributed by atoms with Gasteiger partial charge in [0, 0.05) is 13.0 Å². The third-order valence-corrected chi connectivity index (χ3v) is 5.17. The Balaban J connectivity index is 1.55. The highest BCUT2D eigenvalue weighted by Gasteiger charge is 2.34. The summed E-state index contributed by atoms with van der Waals surface area (Å²) >= 11 is 0. The molecule has 0 bridgehead atoms. The summed E-state index contributed by atoms with van der Waals surface area (Å²) in [6, 6.07) is -0.0392. The van der Waals surface area contributed by atoms with Gasteiger partial charge in [-0.15, -0.1) is 0 Å². The van der Waals surface area contributed by atoms with Crippen LogP contribution in [0.2, 0.25) is 0 Å². The molecule has 4 rings (SSSR count). The Morgan fingerprint density at radius 1 is 1.50 bits per heavy atom. The predicted octanol–water partition coefficient (Wildman–Crippen LogP) is 1.88. The van der Waals surface area contributed by atoms with Crippen LogP contribution >= 0.6 is 0 Å². The van der Waals surface area contributed by atoms with Crippen LogP contribution in [0.5, 0.6) is 0 Å². The summed E-state index contributed by atoms with van der Waals surface area (Å²) in [7, 11) is 0. The molecule has 7 heteroatoms. The Morgan fingerprint density at radius 3 is 3.21 bits per heavy atom. The molecule has 0 saturated carbocycles. The van der Waals surface area contributed by atoms with Crippen molar-refractivity contribution < 1.29 is 4.79 Å². The smallest absolute Gasteiger partial charge is 0.229 e. The number of carbonyl (C=O) groups is 1. The van der Waals surface area contributed by atoms with Gasteiger partial charge in [0.15, 0.2) is 5.82 Å². The summed E-state index contributed by atoms with van der Waals surface area (Å²) in [5, 5.41) is 14.9. The molecule has 0 aromatic carbocycles. The van der Waals surface area contributed by atoms with E-state index in [0.29, 0.717) is 5.92 Å². The molecule has 0 spiro atoms. The highest BCUT2D eigenvalue weighted by Crippen LogP contribution is 2.34. The quantitative estimate of drug-likeness (QED) is 0.900. The van der Waals surface area contributed by atoms with Gasteiger partial charge in [0.1, 0.15) is 5.82 Å². The number of aryl methyl sites for hydroxylation is 2. The van der Waals surface area contributed by atoms with Crippen molar-refractivity contribution in [3.05, 3.63) is 29.1 Å². The van der Waals surface area contributed by atoms with Gasteiger partial charge >= 0.3 is 0 Å². The normalized spacial score (nSPS) is 25.8. The first-order valence-corrected chi connectivity index (χ1v) is 8.91. The average molecular weight is 328 g/mol. The number of hydrogen-bond acceptors (Lipinski definition) is 4. The van der Waals surface area contributed by atoms with Crippen molar-refractivity contribution >= 4 is 5.91 Å². The van der Waals surface area contributed by atoms with Crippen LogP contribution in [-0.4, -0.2) is 30.9 Å². The molecule has 3 atom stereocenters. The molecule has 0 fully saturated rings. The van der Waals surface area contributed by atoms with Crippen molar-refractivity contribution in [2.75, 3.05) is 0 Å². The van der Waals surface area contributed by atoms with Crippen LogP contribution in [0.1, 0.15) is 68.0 Å². The maximum absolute atomic E-state index is 12.9. The van der Waals surface area contributed by atoms with Crippen LogP contribution in [0, 0.1) is 5.92 Å². The van der Waals surface area contributed by atoms with Crippen LogP contribution in [0.25, 0.3) is 0 Å². The Morgan fingerprint density at radius 2 is 2.38 bits per heavy atom. The molecule has 3 heterocycles. The van der Waals surface area contributed by atoms with Crippen LogP contribution in [0.15, 0.2) is 6.20 Å². The van der Waals surface area contributed by atoms with E-state index in [-0.39, 0.29) is 17.9 Å². The molecule has 0 saturated heterocycles. The molecule has 2 aromatic rings. The molecule has 2 aliphatic rings. The molecule has 3 unspecified atom stereocenters. The van der Waals surface area contributed by atoms with Gasteiger partial charge in [0.2, 0.25) is 5.91 Å². The minimum Gasteiger partial charge on any atom is -0.346 e. The van der Waals surface area contributed by atoms with Crippen molar-refractivity contribution in [2.45, 2.75) is 64.5 Å². The first-order valence-electron chi connectivity index (χ1n) is 8.91. The first-order chi connectivity index (χ1) is 11.7. The predicted molar refractivity (Wildman–Crippen MR) is 88.3 cm³/mol. The number of aromatic nitrogens is 5. The monoisotopic (exact) mass is 328 g/mol. The van der Waals surface area contributed by atoms with Crippen LogP contribution in [-0.2, 0) is 24.2 Å². The summed E-state index contributed by atoms with van der Waals surface area (Å²) in [5.74, 6) is 2.18. The van der Waals surface area contributed by atoms with Gasteiger partial charge in [0.05, 0.1) is 23.9 Å². The number of H-pyrrole nitrogens is 1. The second-order valence-electron chi connectivity index (χ2n) is 7.07. The summed E-state index contributed by atoms with van der Waals surface area (Å²) in [6.45, 7) is 5.14. The highest BCUT2D eigenvalue weighted by atomic mass is 16.2. The van der Waals surface area contributed by atoms with E-state index in [4.69, 9.17) is 0 Å². The van der Waals surface area contributed by atoms with Crippen LogP contribution < -0.4 is 5.32 Å². The molecule has 1 amide bonds. The average Bonchev–Trinajstić information content (AvgIpc) is 3.20. The van der Waals surface area contributed by atoms with E-state index in [0.717, 1.165) is 56.0 Å². The second kappa shape index (κ2) is 6.03. The molecular weight excluding hydrogens is 304 g/mol. The number of nitrogens with zero attached hydrogens (tertiary/aromatic N) is 4. The van der Waals surface area contributed by atoms with Gasteiger partial charge in [0.25, 0.3) is 0 Å². The number of carbonyl (C=O) groups excluding carboxylic acids is 1. The maximum atomic E-state index is 12.9. The lowest BCUT2D eigenvalue weighted by molar-refractivity contribution is -0.124. The summed E-state index contributed by atoms with van der Waals surface area (Å²) in [6.07, 6.45) is 6.47. The van der Waals surface area contributed by atoms with Crippen molar-refractivity contribution in [3.63, 3.8) is 0 Å². The molecule has 2 aromatic heterocycles. The van der Waals surface area contributed by atoms with Gasteiger partial charge in [-0.2, -0.15) is 10.2 Å². The van der Waals surface area contributed by atoms with E-state index < -0.39 is 0 Å². The summed E-state index contributed by atoms with van der Waals surface area (Å²) in [5.41, 5.74) is 2.16. The molecule has 1 aliphatic carbocycles. The lowest BCUT2D eigenvalue weighted by Crippen LogP contribution is -2.38. The second-order valence-corrected chi connectivity index (χ2v) is 7.07. The van der Waals surface area contributed by atoms with Gasteiger partial charge in [-0.1, -0.05) is 13.8 Å². The Bertz CT molecular complexity index is 748. The number of rotatable bonds is 3. The van der Waals surface area contributed by atoms with E-state index in [1.165, 1.54) is 5.56 Å². The molecule has 24 heavy (non-hydrogen) atoms. The Labute approximate surface area is 141 Å². The van der Waals surface area contributed by atoms with Crippen molar-refractivity contribution in [1.29, 1.82) is 0 Å². The minimum absolute atomic E-state index is 0.0392. The highest BCUT2D eigenvalue weighted by molar-refractivity contribution is 5.84. The molecule has 1 aliphatic heterocycles. The maximum Gasteiger partial charge on any atom is 0.229 e.